The van der Waals surface area contributed by atoms with Gasteiger partial charge in [-0.15, -0.1) is 0 Å². The van der Waals surface area contributed by atoms with Gasteiger partial charge in [0, 0.05) is 11.0 Å². The minimum Gasteiger partial charge on any atom is -0.345 e. The number of nitrogens with one attached hydrogen (secondary N) is 1. The third-order valence-electron chi connectivity index (χ3n) is 4.55. The molecule has 3 aromatic rings. The number of nitrogens with zero attached hydrogens (tertiary/aromatic N) is 3. The fraction of sp³-hybridized carbons (Fsp3) is 0.438. The number of fused-ring (bicyclic) bond motifs is 1. The normalized spacial score (nSPS) is 15.8. The van der Waals surface area contributed by atoms with Crippen LogP contribution >= 0.6 is 0 Å². The van der Waals surface area contributed by atoms with Crippen molar-refractivity contribution in [2.45, 2.75) is 39.0 Å². The van der Waals surface area contributed by atoms with E-state index in [1.165, 1.54) is 12.8 Å². The van der Waals surface area contributed by atoms with Crippen LogP contribution in [0.1, 0.15) is 38.1 Å². The fourth-order valence-electron chi connectivity index (χ4n) is 2.94. The lowest BCUT2D eigenvalue weighted by molar-refractivity contribution is 0.285. The molecule has 1 aromatic carbocycles. The van der Waals surface area contributed by atoms with Gasteiger partial charge in [-0.05, 0) is 43.4 Å². The summed E-state index contributed by atoms with van der Waals surface area (Å²) in [5.41, 5.74) is 4.03. The molecule has 0 aliphatic heterocycles. The highest BCUT2D eigenvalue weighted by molar-refractivity contribution is 5.83. The standard InChI is InChI=1S/C16H18N4O/c1-9-6-10(7-12-13(9)18-8-17-12)14-19-15(21-20-14)16(2,3)11-4-5-11/h6-8,11H,4-5H2,1-3H3,(H,17,18). The van der Waals surface area contributed by atoms with Gasteiger partial charge in [-0.25, -0.2) is 4.98 Å². The molecule has 1 fully saturated rings. The van der Waals surface area contributed by atoms with E-state index in [4.69, 9.17) is 4.52 Å². The van der Waals surface area contributed by atoms with Gasteiger partial charge in [0.25, 0.3) is 0 Å². The molecule has 1 aliphatic rings. The molecule has 1 N–H and O–H groups in total. The molecule has 0 bridgehead atoms. The molecule has 0 amide bonds. The van der Waals surface area contributed by atoms with Gasteiger partial charge in [-0.1, -0.05) is 19.0 Å². The van der Waals surface area contributed by atoms with E-state index in [2.05, 4.69) is 40.0 Å². The van der Waals surface area contributed by atoms with Crippen molar-refractivity contribution in [3.63, 3.8) is 0 Å². The molecular weight excluding hydrogens is 264 g/mol. The van der Waals surface area contributed by atoms with Gasteiger partial charge in [0.2, 0.25) is 11.7 Å². The van der Waals surface area contributed by atoms with Gasteiger partial charge in [-0.3, -0.25) is 0 Å². The van der Waals surface area contributed by atoms with Crippen LogP contribution < -0.4 is 0 Å². The van der Waals surface area contributed by atoms with E-state index in [0.29, 0.717) is 11.7 Å². The Hall–Kier alpha value is -2.17. The van der Waals surface area contributed by atoms with Crippen molar-refractivity contribution in [3.05, 3.63) is 29.9 Å². The van der Waals surface area contributed by atoms with E-state index in [9.17, 15) is 0 Å². The van der Waals surface area contributed by atoms with Crippen LogP contribution in [-0.2, 0) is 5.41 Å². The summed E-state index contributed by atoms with van der Waals surface area (Å²) in [6.07, 6.45) is 4.22. The number of hydrogen-bond donors (Lipinski definition) is 1. The first-order valence-corrected chi connectivity index (χ1v) is 7.34. The van der Waals surface area contributed by atoms with Crippen molar-refractivity contribution in [2.24, 2.45) is 5.92 Å². The van der Waals surface area contributed by atoms with E-state index in [1.54, 1.807) is 6.33 Å². The first-order valence-electron chi connectivity index (χ1n) is 7.34. The maximum atomic E-state index is 5.53. The Morgan fingerprint density at radius 2 is 2.10 bits per heavy atom. The molecule has 0 atom stereocenters. The summed E-state index contributed by atoms with van der Waals surface area (Å²) in [7, 11) is 0. The molecule has 0 radical (unpaired) electrons. The van der Waals surface area contributed by atoms with Gasteiger partial charge >= 0.3 is 0 Å². The largest absolute Gasteiger partial charge is 0.345 e. The van der Waals surface area contributed by atoms with Gasteiger partial charge in [0.05, 0.1) is 17.4 Å². The Morgan fingerprint density at radius 1 is 1.29 bits per heavy atom. The average molecular weight is 282 g/mol. The SMILES string of the molecule is Cc1cc(-c2noc(C(C)(C)C3CC3)n2)cc2[nH]cnc12. The molecule has 5 nitrogen and oxygen atoms in total. The first kappa shape index (κ1) is 12.6. The molecule has 5 heteroatoms. The van der Waals surface area contributed by atoms with Gasteiger partial charge in [0.1, 0.15) is 0 Å². The highest BCUT2D eigenvalue weighted by atomic mass is 16.5. The zero-order valence-electron chi connectivity index (χ0n) is 12.5. The summed E-state index contributed by atoms with van der Waals surface area (Å²) in [6, 6.07) is 4.08. The number of hydrogen-bond acceptors (Lipinski definition) is 4. The molecule has 4 rings (SSSR count). The van der Waals surface area contributed by atoms with E-state index in [1.807, 2.05) is 13.0 Å². The molecule has 0 spiro atoms. The minimum atomic E-state index is -0.0294. The summed E-state index contributed by atoms with van der Waals surface area (Å²) in [5, 5.41) is 4.17. The van der Waals surface area contributed by atoms with E-state index in [-0.39, 0.29) is 5.41 Å². The molecule has 0 unspecified atom stereocenters. The summed E-state index contributed by atoms with van der Waals surface area (Å²) >= 11 is 0. The monoisotopic (exact) mass is 282 g/mol. The topological polar surface area (TPSA) is 67.6 Å². The third kappa shape index (κ3) is 1.95. The second-order valence-electron chi connectivity index (χ2n) is 6.51. The van der Waals surface area contributed by atoms with Crippen LogP contribution in [0.2, 0.25) is 0 Å². The Kier molecular flexibility index (Phi) is 2.49. The summed E-state index contributed by atoms with van der Waals surface area (Å²) < 4.78 is 5.53. The molecule has 1 saturated carbocycles. The number of H-pyrrole nitrogens is 1. The van der Waals surface area contributed by atoms with Crippen LogP contribution in [0.25, 0.3) is 22.4 Å². The zero-order chi connectivity index (χ0) is 14.6. The quantitative estimate of drug-likeness (QED) is 0.796. The Labute approximate surface area is 122 Å². The second-order valence-corrected chi connectivity index (χ2v) is 6.51. The molecule has 2 aromatic heterocycles. The Bertz CT molecular complexity index is 811. The first-order chi connectivity index (χ1) is 10.1. The fourth-order valence-corrected chi connectivity index (χ4v) is 2.94. The molecular formula is C16H18N4O. The van der Waals surface area contributed by atoms with Crippen LogP contribution in [-0.4, -0.2) is 20.1 Å². The van der Waals surface area contributed by atoms with Crippen LogP contribution in [0.15, 0.2) is 23.0 Å². The van der Waals surface area contributed by atoms with Crippen LogP contribution in [0.4, 0.5) is 0 Å². The maximum Gasteiger partial charge on any atom is 0.232 e. The van der Waals surface area contributed by atoms with E-state index < -0.39 is 0 Å². The maximum absolute atomic E-state index is 5.53. The lowest BCUT2D eigenvalue weighted by Gasteiger charge is -2.18. The minimum absolute atomic E-state index is 0.0294. The number of rotatable bonds is 3. The van der Waals surface area contributed by atoms with Crippen molar-refractivity contribution in [1.82, 2.24) is 20.1 Å². The molecule has 1 aliphatic carbocycles. The Morgan fingerprint density at radius 3 is 2.86 bits per heavy atom. The number of aromatic nitrogens is 4. The van der Waals surface area contributed by atoms with Crippen LogP contribution in [0.5, 0.6) is 0 Å². The predicted octanol–water partition coefficient (Wildman–Crippen LogP) is 3.61. The number of imidazole rings is 1. The summed E-state index contributed by atoms with van der Waals surface area (Å²) in [4.78, 5) is 12.1. The Balaban J connectivity index is 1.77. The van der Waals surface area contributed by atoms with E-state index >= 15 is 0 Å². The molecule has 108 valence electrons. The van der Waals surface area contributed by atoms with Gasteiger partial charge < -0.3 is 9.51 Å². The predicted molar refractivity (Wildman–Crippen MR) is 79.9 cm³/mol. The van der Waals surface area contributed by atoms with Gasteiger partial charge in [0.15, 0.2) is 0 Å². The van der Waals surface area contributed by atoms with Crippen molar-refractivity contribution in [1.29, 1.82) is 0 Å². The van der Waals surface area contributed by atoms with Crippen LogP contribution in [0.3, 0.4) is 0 Å². The zero-order valence-corrected chi connectivity index (χ0v) is 12.5. The third-order valence-corrected chi connectivity index (χ3v) is 4.55. The van der Waals surface area contributed by atoms with Crippen molar-refractivity contribution < 1.29 is 4.52 Å². The van der Waals surface area contributed by atoms with Crippen molar-refractivity contribution >= 4 is 11.0 Å². The second kappa shape index (κ2) is 4.16. The average Bonchev–Trinajstić information content (AvgIpc) is 3.01. The molecule has 2 heterocycles. The number of benzene rings is 1. The number of aromatic amines is 1. The van der Waals surface area contributed by atoms with Crippen molar-refractivity contribution in [3.8, 4) is 11.4 Å². The summed E-state index contributed by atoms with van der Waals surface area (Å²) in [6.45, 7) is 6.42. The number of aryl methyl sites for hydroxylation is 1. The van der Waals surface area contributed by atoms with Crippen molar-refractivity contribution in [2.75, 3.05) is 0 Å². The molecule has 0 saturated heterocycles. The van der Waals surface area contributed by atoms with Crippen LogP contribution in [0, 0.1) is 12.8 Å². The highest BCUT2D eigenvalue weighted by Crippen LogP contribution is 2.46. The lowest BCUT2D eigenvalue weighted by Crippen LogP contribution is -2.20. The van der Waals surface area contributed by atoms with E-state index in [0.717, 1.165) is 28.1 Å². The lowest BCUT2D eigenvalue weighted by atomic mass is 9.87. The highest BCUT2D eigenvalue weighted by Gasteiger charge is 2.43. The summed E-state index contributed by atoms with van der Waals surface area (Å²) in [5.74, 6) is 2.06. The van der Waals surface area contributed by atoms with Gasteiger partial charge in [-0.2, -0.15) is 4.98 Å². The molecule has 21 heavy (non-hydrogen) atoms. The smallest absolute Gasteiger partial charge is 0.232 e.